The van der Waals surface area contributed by atoms with Gasteiger partial charge in [-0.25, -0.2) is 9.59 Å². The van der Waals surface area contributed by atoms with E-state index in [-0.39, 0.29) is 5.92 Å². The molecule has 5 heteroatoms. The van der Waals surface area contributed by atoms with Crippen LogP contribution in [0, 0.1) is 11.8 Å². The summed E-state index contributed by atoms with van der Waals surface area (Å²) < 4.78 is 5.37. The van der Waals surface area contributed by atoms with Gasteiger partial charge in [0.05, 0.1) is 0 Å². The number of hydrogen-bond donors (Lipinski definition) is 1. The van der Waals surface area contributed by atoms with Gasteiger partial charge in [0.2, 0.25) is 0 Å². The molecule has 0 aromatic heterocycles. The van der Waals surface area contributed by atoms with Gasteiger partial charge in [-0.05, 0) is 51.9 Å². The molecule has 1 heterocycles. The van der Waals surface area contributed by atoms with E-state index in [0.717, 1.165) is 31.6 Å². The molecule has 5 nitrogen and oxygen atoms in total. The number of carbonyl (C=O) groups excluding carboxylic acids is 1. The van der Waals surface area contributed by atoms with Crippen molar-refractivity contribution in [3.8, 4) is 0 Å². The number of carbonyl (C=O) groups is 2. The van der Waals surface area contributed by atoms with Gasteiger partial charge in [-0.1, -0.05) is 19.3 Å². The van der Waals surface area contributed by atoms with Crippen molar-refractivity contribution in [2.24, 2.45) is 11.8 Å². The van der Waals surface area contributed by atoms with E-state index in [1.807, 2.05) is 0 Å². The van der Waals surface area contributed by atoms with Crippen LogP contribution in [0.2, 0.25) is 0 Å². The average Bonchev–Trinajstić information content (AvgIpc) is 3.17. The van der Waals surface area contributed by atoms with Crippen LogP contribution in [0.4, 0.5) is 4.79 Å². The van der Waals surface area contributed by atoms with Crippen molar-refractivity contribution >= 4 is 12.1 Å². The molecule has 0 unspecified atom stereocenters. The third kappa shape index (κ3) is 4.61. The smallest absolute Gasteiger partial charge is 0.411 e. The predicted octanol–water partition coefficient (Wildman–Crippen LogP) is 3.28. The molecule has 21 heavy (non-hydrogen) atoms. The maximum absolute atomic E-state index is 12.3. The van der Waals surface area contributed by atoms with Gasteiger partial charge in [0.15, 0.2) is 0 Å². The molecule has 0 aromatic carbocycles. The molecule has 1 saturated carbocycles. The predicted molar refractivity (Wildman–Crippen MR) is 79.0 cm³/mol. The fourth-order valence-electron chi connectivity index (χ4n) is 3.09. The molecule has 0 spiro atoms. The highest BCUT2D eigenvalue weighted by Crippen LogP contribution is 2.37. The third-order valence-corrected chi connectivity index (χ3v) is 4.28. The van der Waals surface area contributed by atoms with E-state index < -0.39 is 23.7 Å². The first-order valence-electron chi connectivity index (χ1n) is 8.00. The second kappa shape index (κ2) is 6.24. The lowest BCUT2D eigenvalue weighted by Gasteiger charge is -2.39. The van der Waals surface area contributed by atoms with Gasteiger partial charge in [-0.3, -0.25) is 4.90 Å². The van der Waals surface area contributed by atoms with E-state index in [0.29, 0.717) is 6.54 Å². The van der Waals surface area contributed by atoms with Crippen LogP contribution in [0.15, 0.2) is 0 Å². The Kier molecular flexibility index (Phi) is 4.79. The van der Waals surface area contributed by atoms with Crippen LogP contribution >= 0.6 is 0 Å². The Morgan fingerprint density at radius 2 is 1.86 bits per heavy atom. The zero-order chi connectivity index (χ0) is 15.6. The van der Waals surface area contributed by atoms with E-state index in [1.54, 1.807) is 20.8 Å². The summed E-state index contributed by atoms with van der Waals surface area (Å²) >= 11 is 0. The quantitative estimate of drug-likeness (QED) is 0.864. The van der Waals surface area contributed by atoms with Crippen molar-refractivity contribution < 1.29 is 19.4 Å². The summed E-state index contributed by atoms with van der Waals surface area (Å²) in [6.45, 7) is 5.88. The van der Waals surface area contributed by atoms with Crippen LogP contribution < -0.4 is 0 Å². The van der Waals surface area contributed by atoms with Crippen LogP contribution in [0.25, 0.3) is 0 Å². The van der Waals surface area contributed by atoms with Gasteiger partial charge in [0, 0.05) is 6.54 Å². The van der Waals surface area contributed by atoms with Gasteiger partial charge in [0.25, 0.3) is 0 Å². The highest BCUT2D eigenvalue weighted by Gasteiger charge is 2.41. The molecule has 0 aromatic rings. The fourth-order valence-corrected chi connectivity index (χ4v) is 3.09. The van der Waals surface area contributed by atoms with E-state index in [2.05, 4.69) is 0 Å². The van der Waals surface area contributed by atoms with E-state index in [1.165, 1.54) is 17.7 Å². The molecule has 1 saturated heterocycles. The number of aliphatic carboxylic acids is 1. The Hall–Kier alpha value is -1.26. The Morgan fingerprint density at radius 3 is 2.38 bits per heavy atom. The first kappa shape index (κ1) is 16.1. The number of ether oxygens (including phenoxy) is 1. The number of piperidine rings is 1. The van der Waals surface area contributed by atoms with E-state index >= 15 is 0 Å². The molecule has 2 fully saturated rings. The first-order valence-corrected chi connectivity index (χ1v) is 8.00. The third-order valence-electron chi connectivity index (χ3n) is 4.28. The summed E-state index contributed by atoms with van der Waals surface area (Å²) in [5.74, 6) is -0.0536. The van der Waals surface area contributed by atoms with Crippen molar-refractivity contribution in [2.45, 2.75) is 70.9 Å². The molecule has 1 aliphatic heterocycles. The molecule has 120 valence electrons. The maximum atomic E-state index is 12.3. The summed E-state index contributed by atoms with van der Waals surface area (Å²) in [5, 5.41) is 9.56. The Balaban J connectivity index is 2.03. The molecule has 0 bridgehead atoms. The summed E-state index contributed by atoms with van der Waals surface area (Å²) in [6, 6.07) is -0.729. The molecule has 2 rings (SSSR count). The van der Waals surface area contributed by atoms with Gasteiger partial charge in [-0.15, -0.1) is 0 Å². The number of hydrogen-bond acceptors (Lipinski definition) is 3. The molecule has 2 atom stereocenters. The van der Waals surface area contributed by atoms with Crippen molar-refractivity contribution in [1.29, 1.82) is 0 Å². The van der Waals surface area contributed by atoms with Gasteiger partial charge < -0.3 is 9.84 Å². The monoisotopic (exact) mass is 297 g/mol. The minimum absolute atomic E-state index is 0.0596. The molecule has 1 N–H and O–H groups in total. The Bertz CT molecular complexity index is 398. The van der Waals surface area contributed by atoms with E-state index in [9.17, 15) is 14.7 Å². The van der Waals surface area contributed by atoms with Gasteiger partial charge in [0.1, 0.15) is 11.6 Å². The van der Waals surface area contributed by atoms with Gasteiger partial charge in [-0.2, -0.15) is 0 Å². The SMILES string of the molecule is CC(C)(C)OC(=O)N1CCC[C@@H](CCC2CC2)[C@@H]1C(=O)O. The Morgan fingerprint density at radius 1 is 1.19 bits per heavy atom. The standard InChI is InChI=1S/C16H27NO4/c1-16(2,3)21-15(20)17-10-4-5-12(13(17)14(18)19)9-8-11-6-7-11/h11-13H,4-10H2,1-3H3,(H,18,19)/t12-,13+/m0/s1. The van der Waals surface area contributed by atoms with Crippen molar-refractivity contribution in [1.82, 2.24) is 4.90 Å². The van der Waals surface area contributed by atoms with Crippen LogP contribution in [-0.4, -0.2) is 40.3 Å². The fraction of sp³-hybridized carbons (Fsp3) is 0.875. The molecule has 1 aliphatic carbocycles. The first-order chi connectivity index (χ1) is 9.78. The maximum Gasteiger partial charge on any atom is 0.411 e. The lowest BCUT2D eigenvalue weighted by Crippen LogP contribution is -2.53. The number of rotatable bonds is 4. The number of amides is 1. The lowest BCUT2D eigenvalue weighted by molar-refractivity contribution is -0.147. The van der Waals surface area contributed by atoms with Crippen LogP contribution in [0.5, 0.6) is 0 Å². The Labute approximate surface area is 126 Å². The minimum atomic E-state index is -0.902. The highest BCUT2D eigenvalue weighted by atomic mass is 16.6. The summed E-state index contributed by atoms with van der Waals surface area (Å²) in [6.07, 6.45) is 5.81. The number of likely N-dealkylation sites (tertiary alicyclic amines) is 1. The zero-order valence-corrected chi connectivity index (χ0v) is 13.3. The summed E-state index contributed by atoms with van der Waals surface area (Å²) in [5.41, 5.74) is -0.596. The van der Waals surface area contributed by atoms with Crippen LogP contribution in [-0.2, 0) is 9.53 Å². The summed E-state index contributed by atoms with van der Waals surface area (Å²) in [7, 11) is 0. The molecular formula is C16H27NO4. The minimum Gasteiger partial charge on any atom is -0.480 e. The van der Waals surface area contributed by atoms with Gasteiger partial charge >= 0.3 is 12.1 Å². The molecule has 0 radical (unpaired) electrons. The number of carboxylic acids is 1. The van der Waals surface area contributed by atoms with Crippen molar-refractivity contribution in [2.75, 3.05) is 6.54 Å². The lowest BCUT2D eigenvalue weighted by atomic mass is 9.85. The second-order valence-corrected chi connectivity index (χ2v) is 7.38. The molecule has 2 aliphatic rings. The normalized spacial score (nSPS) is 26.5. The molecule has 1 amide bonds. The molecular weight excluding hydrogens is 270 g/mol. The number of carboxylic acid groups (broad SMARTS) is 1. The second-order valence-electron chi connectivity index (χ2n) is 7.38. The van der Waals surface area contributed by atoms with Crippen LogP contribution in [0.1, 0.15) is 59.3 Å². The number of nitrogens with zero attached hydrogens (tertiary/aromatic N) is 1. The van der Waals surface area contributed by atoms with E-state index in [4.69, 9.17) is 4.74 Å². The topological polar surface area (TPSA) is 66.8 Å². The zero-order valence-electron chi connectivity index (χ0n) is 13.3. The highest BCUT2D eigenvalue weighted by molar-refractivity contribution is 5.80. The average molecular weight is 297 g/mol. The summed E-state index contributed by atoms with van der Waals surface area (Å²) in [4.78, 5) is 25.3. The van der Waals surface area contributed by atoms with Crippen molar-refractivity contribution in [3.63, 3.8) is 0 Å². The largest absolute Gasteiger partial charge is 0.480 e. The van der Waals surface area contributed by atoms with Crippen molar-refractivity contribution in [3.05, 3.63) is 0 Å². The van der Waals surface area contributed by atoms with Crippen LogP contribution in [0.3, 0.4) is 0 Å².